The number of carboxylic acid groups (broad SMARTS) is 1. The molecule has 1 aromatic carbocycles. The molecular formula is C14H16N2O4. The zero-order valence-corrected chi connectivity index (χ0v) is 10.9. The van der Waals surface area contributed by atoms with E-state index in [0.717, 1.165) is 11.8 Å². The Kier molecular flexibility index (Phi) is 4.60. The Bertz CT molecular complexity index is 501. The molecule has 1 aromatic rings. The fourth-order valence-electron chi connectivity index (χ4n) is 1.83. The van der Waals surface area contributed by atoms with Crippen LogP contribution in [0, 0.1) is 5.41 Å². The average Bonchev–Trinajstić information content (AvgIpc) is 2.78. The molecule has 106 valence electrons. The molecule has 0 bridgehead atoms. The van der Waals surface area contributed by atoms with Crippen molar-refractivity contribution >= 4 is 12.0 Å². The summed E-state index contributed by atoms with van der Waals surface area (Å²) in [6.07, 6.45) is 2.32. The van der Waals surface area contributed by atoms with Crippen molar-refractivity contribution in [2.45, 2.75) is 6.10 Å². The number of amidine groups is 1. The monoisotopic (exact) mass is 276 g/mol. The van der Waals surface area contributed by atoms with Crippen LogP contribution in [0.15, 0.2) is 42.5 Å². The van der Waals surface area contributed by atoms with Gasteiger partial charge in [0.05, 0.1) is 6.54 Å². The van der Waals surface area contributed by atoms with Gasteiger partial charge in [-0.15, -0.1) is 0 Å². The Morgan fingerprint density at radius 1 is 1.50 bits per heavy atom. The SMILES string of the molecule is N=C1OC(COc2ccccc2)CN1C/C=C/C(=O)O. The van der Waals surface area contributed by atoms with Crippen LogP contribution >= 0.6 is 0 Å². The van der Waals surface area contributed by atoms with Crippen molar-refractivity contribution in [1.29, 1.82) is 5.41 Å². The third-order valence-electron chi connectivity index (χ3n) is 2.75. The summed E-state index contributed by atoms with van der Waals surface area (Å²) in [6.45, 7) is 1.20. The number of carbonyl (C=O) groups is 1. The Hall–Kier alpha value is -2.50. The summed E-state index contributed by atoms with van der Waals surface area (Å²) in [5, 5.41) is 16.2. The predicted molar refractivity (Wildman–Crippen MR) is 72.9 cm³/mol. The number of rotatable bonds is 6. The smallest absolute Gasteiger partial charge is 0.328 e. The first-order valence-electron chi connectivity index (χ1n) is 6.22. The van der Waals surface area contributed by atoms with Crippen LogP contribution in [-0.2, 0) is 9.53 Å². The summed E-state index contributed by atoms with van der Waals surface area (Å²) >= 11 is 0. The minimum Gasteiger partial charge on any atom is -0.490 e. The van der Waals surface area contributed by atoms with Crippen molar-refractivity contribution in [3.8, 4) is 5.75 Å². The standard InChI is InChI=1S/C14H16N2O4/c15-14-16(8-4-7-13(17)18)9-12(20-14)10-19-11-5-2-1-3-6-11/h1-7,12,15H,8-10H2,(H,17,18)/b7-4+,15-14?. The van der Waals surface area contributed by atoms with Gasteiger partial charge in [-0.25, -0.2) is 4.79 Å². The lowest BCUT2D eigenvalue weighted by Crippen LogP contribution is -2.27. The first kappa shape index (κ1) is 13.9. The summed E-state index contributed by atoms with van der Waals surface area (Å²) in [4.78, 5) is 12.0. The van der Waals surface area contributed by atoms with Crippen molar-refractivity contribution in [2.75, 3.05) is 19.7 Å². The molecule has 2 N–H and O–H groups in total. The van der Waals surface area contributed by atoms with E-state index in [2.05, 4.69) is 0 Å². The van der Waals surface area contributed by atoms with Gasteiger partial charge in [0.2, 0.25) is 0 Å². The predicted octanol–water partition coefficient (Wildman–Crippen LogP) is 1.34. The summed E-state index contributed by atoms with van der Waals surface area (Å²) in [5.41, 5.74) is 0. The van der Waals surface area contributed by atoms with Crippen LogP contribution in [0.4, 0.5) is 0 Å². The molecule has 1 atom stereocenters. The van der Waals surface area contributed by atoms with Crippen LogP contribution in [0.25, 0.3) is 0 Å². The van der Waals surface area contributed by atoms with Crippen molar-refractivity contribution < 1.29 is 19.4 Å². The van der Waals surface area contributed by atoms with Gasteiger partial charge < -0.3 is 19.5 Å². The third kappa shape index (κ3) is 4.01. The zero-order chi connectivity index (χ0) is 14.4. The minimum atomic E-state index is -0.999. The number of aliphatic carboxylic acids is 1. The maximum atomic E-state index is 10.4. The molecule has 2 rings (SSSR count). The van der Waals surface area contributed by atoms with E-state index in [1.165, 1.54) is 6.08 Å². The molecule has 1 aliphatic heterocycles. The maximum absolute atomic E-state index is 10.4. The molecule has 1 unspecified atom stereocenters. The highest BCUT2D eigenvalue weighted by molar-refractivity contribution is 5.80. The molecule has 6 nitrogen and oxygen atoms in total. The van der Waals surface area contributed by atoms with E-state index in [0.29, 0.717) is 19.7 Å². The number of hydrogen-bond donors (Lipinski definition) is 2. The van der Waals surface area contributed by atoms with Gasteiger partial charge in [-0.2, -0.15) is 0 Å². The average molecular weight is 276 g/mol. The van der Waals surface area contributed by atoms with Gasteiger partial charge in [0.1, 0.15) is 12.4 Å². The van der Waals surface area contributed by atoms with Crippen molar-refractivity contribution in [3.05, 3.63) is 42.5 Å². The maximum Gasteiger partial charge on any atom is 0.328 e. The number of para-hydroxylation sites is 1. The van der Waals surface area contributed by atoms with E-state index in [4.69, 9.17) is 20.0 Å². The lowest BCUT2D eigenvalue weighted by molar-refractivity contribution is -0.131. The highest BCUT2D eigenvalue weighted by Crippen LogP contribution is 2.14. The highest BCUT2D eigenvalue weighted by atomic mass is 16.6. The molecule has 1 aliphatic rings. The van der Waals surface area contributed by atoms with Crippen LogP contribution in [0.1, 0.15) is 0 Å². The topological polar surface area (TPSA) is 82.9 Å². The van der Waals surface area contributed by atoms with Crippen LogP contribution < -0.4 is 4.74 Å². The number of carboxylic acids is 1. The molecule has 0 aromatic heterocycles. The second kappa shape index (κ2) is 6.60. The second-order valence-electron chi connectivity index (χ2n) is 4.31. The van der Waals surface area contributed by atoms with E-state index in [-0.39, 0.29) is 12.1 Å². The van der Waals surface area contributed by atoms with E-state index in [1.807, 2.05) is 30.3 Å². The second-order valence-corrected chi connectivity index (χ2v) is 4.31. The molecule has 1 fully saturated rings. The summed E-state index contributed by atoms with van der Waals surface area (Å²) in [6, 6.07) is 9.43. The molecule has 1 saturated heterocycles. The number of nitrogens with zero attached hydrogens (tertiary/aromatic N) is 1. The largest absolute Gasteiger partial charge is 0.490 e. The van der Waals surface area contributed by atoms with E-state index in [9.17, 15) is 4.79 Å². The Labute approximate surface area is 116 Å². The van der Waals surface area contributed by atoms with Gasteiger partial charge in [0.25, 0.3) is 6.02 Å². The fraction of sp³-hybridized carbons (Fsp3) is 0.286. The van der Waals surface area contributed by atoms with Crippen molar-refractivity contribution in [2.24, 2.45) is 0 Å². The number of ether oxygens (including phenoxy) is 2. The van der Waals surface area contributed by atoms with Gasteiger partial charge in [0.15, 0.2) is 6.10 Å². The molecule has 0 spiro atoms. The Morgan fingerprint density at radius 3 is 2.95 bits per heavy atom. The molecule has 0 aliphatic carbocycles. The summed E-state index contributed by atoms with van der Waals surface area (Å²) in [7, 11) is 0. The van der Waals surface area contributed by atoms with Crippen LogP contribution in [0.5, 0.6) is 5.75 Å². The summed E-state index contributed by atoms with van der Waals surface area (Å²) in [5.74, 6) is -0.243. The fourth-order valence-corrected chi connectivity index (χ4v) is 1.83. The Balaban J connectivity index is 1.78. The normalized spacial score (nSPS) is 18.3. The molecule has 0 radical (unpaired) electrons. The van der Waals surface area contributed by atoms with E-state index < -0.39 is 5.97 Å². The van der Waals surface area contributed by atoms with Gasteiger partial charge in [-0.1, -0.05) is 24.3 Å². The lowest BCUT2D eigenvalue weighted by atomic mass is 10.3. The first-order valence-corrected chi connectivity index (χ1v) is 6.22. The van der Waals surface area contributed by atoms with Crippen LogP contribution in [0.3, 0.4) is 0 Å². The van der Waals surface area contributed by atoms with Gasteiger partial charge in [-0.3, -0.25) is 5.41 Å². The molecule has 1 heterocycles. The molecule has 6 heteroatoms. The van der Waals surface area contributed by atoms with Gasteiger partial charge in [-0.05, 0) is 12.1 Å². The molecule has 20 heavy (non-hydrogen) atoms. The van der Waals surface area contributed by atoms with Crippen LogP contribution in [0.2, 0.25) is 0 Å². The van der Waals surface area contributed by atoms with Gasteiger partial charge in [0, 0.05) is 12.6 Å². The minimum absolute atomic E-state index is 0.0432. The summed E-state index contributed by atoms with van der Waals surface area (Å²) < 4.78 is 10.9. The van der Waals surface area contributed by atoms with Crippen LogP contribution in [-0.4, -0.2) is 47.8 Å². The number of benzene rings is 1. The lowest BCUT2D eigenvalue weighted by Gasteiger charge is -2.11. The molecule has 0 amide bonds. The molecule has 0 saturated carbocycles. The zero-order valence-electron chi connectivity index (χ0n) is 10.9. The highest BCUT2D eigenvalue weighted by Gasteiger charge is 2.28. The number of nitrogens with one attached hydrogen (secondary N) is 1. The molecular weight excluding hydrogens is 260 g/mol. The van der Waals surface area contributed by atoms with Crippen molar-refractivity contribution in [3.63, 3.8) is 0 Å². The third-order valence-corrected chi connectivity index (χ3v) is 2.75. The van der Waals surface area contributed by atoms with E-state index >= 15 is 0 Å². The first-order chi connectivity index (χ1) is 9.65. The quantitative estimate of drug-likeness (QED) is 0.766. The number of hydrogen-bond acceptors (Lipinski definition) is 4. The van der Waals surface area contributed by atoms with E-state index in [1.54, 1.807) is 4.90 Å². The van der Waals surface area contributed by atoms with Crippen molar-refractivity contribution in [1.82, 2.24) is 4.90 Å². The Morgan fingerprint density at radius 2 is 2.25 bits per heavy atom. The van der Waals surface area contributed by atoms with Gasteiger partial charge >= 0.3 is 5.97 Å².